The molecule has 0 saturated heterocycles. The number of hydrogen-bond acceptors (Lipinski definition) is 2. The fourth-order valence-electron chi connectivity index (χ4n) is 2.25. The molecule has 0 radical (unpaired) electrons. The maximum atomic E-state index is 6.24. The molecule has 1 aromatic rings. The molecule has 102 valence electrons. The van der Waals surface area contributed by atoms with Crippen LogP contribution in [0.25, 0.3) is 0 Å². The van der Waals surface area contributed by atoms with Crippen molar-refractivity contribution in [3.8, 4) is 0 Å². The Balaban J connectivity index is 2.88. The molecule has 0 aliphatic heterocycles. The highest BCUT2D eigenvalue weighted by atomic mass is 16.5. The first kappa shape index (κ1) is 15.2. The first-order valence-electron chi connectivity index (χ1n) is 7.06. The maximum absolute atomic E-state index is 6.24. The summed E-state index contributed by atoms with van der Waals surface area (Å²) in [6.45, 7) is 8.56. The zero-order valence-corrected chi connectivity index (χ0v) is 12.1. The van der Waals surface area contributed by atoms with Gasteiger partial charge >= 0.3 is 0 Å². The predicted octanol–water partition coefficient (Wildman–Crippen LogP) is 3.98. The van der Waals surface area contributed by atoms with E-state index in [4.69, 9.17) is 10.5 Å². The lowest BCUT2D eigenvalue weighted by molar-refractivity contribution is -0.0225. The summed E-state index contributed by atoms with van der Waals surface area (Å²) in [5, 5.41) is 0. The second-order valence-corrected chi connectivity index (χ2v) is 5.08. The second-order valence-electron chi connectivity index (χ2n) is 5.08. The molecule has 0 amide bonds. The molecular formula is C16H27NO. The van der Waals surface area contributed by atoms with Crippen LogP contribution in [0, 0.1) is 6.92 Å². The average Bonchev–Trinajstić information content (AvgIpc) is 2.36. The van der Waals surface area contributed by atoms with Crippen LogP contribution in [-0.2, 0) is 4.74 Å². The van der Waals surface area contributed by atoms with Gasteiger partial charge in [-0.3, -0.25) is 0 Å². The van der Waals surface area contributed by atoms with Gasteiger partial charge in [-0.15, -0.1) is 0 Å². The van der Waals surface area contributed by atoms with Gasteiger partial charge in [0.1, 0.15) is 0 Å². The monoisotopic (exact) mass is 249 g/mol. The molecule has 2 heteroatoms. The zero-order chi connectivity index (χ0) is 13.5. The molecule has 0 spiro atoms. The van der Waals surface area contributed by atoms with Gasteiger partial charge < -0.3 is 10.5 Å². The summed E-state index contributed by atoms with van der Waals surface area (Å²) in [5.41, 5.74) is 8.73. The SMILES string of the molecule is CCCC(C)OC(c1ccccc1C)C(N)CC. The Bertz CT molecular complexity index is 351. The van der Waals surface area contributed by atoms with Crippen LogP contribution in [0.2, 0.25) is 0 Å². The fourth-order valence-corrected chi connectivity index (χ4v) is 2.25. The molecule has 0 aliphatic rings. The van der Waals surface area contributed by atoms with Gasteiger partial charge in [0.05, 0.1) is 12.2 Å². The highest BCUT2D eigenvalue weighted by Crippen LogP contribution is 2.27. The van der Waals surface area contributed by atoms with Crippen LogP contribution in [0.5, 0.6) is 0 Å². The topological polar surface area (TPSA) is 35.2 Å². The lowest BCUT2D eigenvalue weighted by Crippen LogP contribution is -2.32. The molecule has 3 atom stereocenters. The Kier molecular flexibility index (Phi) is 6.37. The van der Waals surface area contributed by atoms with Gasteiger partial charge in [0, 0.05) is 6.04 Å². The number of ether oxygens (including phenoxy) is 1. The standard InChI is InChI=1S/C16H27NO/c1-5-9-13(4)18-16(15(17)6-2)14-11-8-7-10-12(14)3/h7-8,10-11,13,15-16H,5-6,9,17H2,1-4H3. The van der Waals surface area contributed by atoms with Crippen molar-refractivity contribution >= 4 is 0 Å². The third kappa shape index (κ3) is 4.11. The van der Waals surface area contributed by atoms with E-state index in [1.54, 1.807) is 0 Å². The predicted molar refractivity (Wildman–Crippen MR) is 77.6 cm³/mol. The van der Waals surface area contributed by atoms with Crippen LogP contribution < -0.4 is 5.73 Å². The Morgan fingerprint density at radius 3 is 2.44 bits per heavy atom. The van der Waals surface area contributed by atoms with Crippen LogP contribution in [0.15, 0.2) is 24.3 Å². The number of nitrogens with two attached hydrogens (primary N) is 1. The maximum Gasteiger partial charge on any atom is 0.0981 e. The summed E-state index contributed by atoms with van der Waals surface area (Å²) in [6.07, 6.45) is 3.43. The Labute approximate surface area is 112 Å². The molecular weight excluding hydrogens is 222 g/mol. The van der Waals surface area contributed by atoms with Crippen molar-refractivity contribution in [2.24, 2.45) is 5.73 Å². The Morgan fingerprint density at radius 1 is 1.22 bits per heavy atom. The van der Waals surface area contributed by atoms with Gasteiger partial charge in [-0.25, -0.2) is 0 Å². The van der Waals surface area contributed by atoms with Crippen molar-refractivity contribution in [3.63, 3.8) is 0 Å². The van der Waals surface area contributed by atoms with E-state index in [-0.39, 0.29) is 18.2 Å². The van der Waals surface area contributed by atoms with Gasteiger partial charge in [-0.05, 0) is 37.8 Å². The first-order valence-corrected chi connectivity index (χ1v) is 7.06. The molecule has 1 rings (SSSR count). The third-order valence-corrected chi connectivity index (χ3v) is 3.43. The van der Waals surface area contributed by atoms with Crippen LogP contribution in [-0.4, -0.2) is 12.1 Å². The van der Waals surface area contributed by atoms with Gasteiger partial charge in [0.25, 0.3) is 0 Å². The van der Waals surface area contributed by atoms with Crippen molar-refractivity contribution in [3.05, 3.63) is 35.4 Å². The molecule has 3 unspecified atom stereocenters. The van der Waals surface area contributed by atoms with Gasteiger partial charge in [-0.2, -0.15) is 0 Å². The number of rotatable bonds is 7. The first-order chi connectivity index (χ1) is 8.60. The number of aryl methyl sites for hydroxylation is 1. The molecule has 0 aliphatic carbocycles. The number of benzene rings is 1. The molecule has 0 fully saturated rings. The highest BCUT2D eigenvalue weighted by molar-refractivity contribution is 5.28. The van der Waals surface area contributed by atoms with Crippen molar-refractivity contribution in [2.45, 2.75) is 65.2 Å². The molecule has 2 nitrogen and oxygen atoms in total. The van der Waals surface area contributed by atoms with Gasteiger partial charge in [0.2, 0.25) is 0 Å². The minimum Gasteiger partial charge on any atom is -0.369 e. The summed E-state index contributed by atoms with van der Waals surface area (Å²) in [5.74, 6) is 0. The van der Waals surface area contributed by atoms with E-state index in [9.17, 15) is 0 Å². The van der Waals surface area contributed by atoms with Crippen molar-refractivity contribution in [1.82, 2.24) is 0 Å². The normalized spacial score (nSPS) is 16.3. The minimum absolute atomic E-state index is 0.0118. The summed E-state index contributed by atoms with van der Waals surface area (Å²) in [4.78, 5) is 0. The lowest BCUT2D eigenvalue weighted by atomic mass is 9.96. The van der Waals surface area contributed by atoms with E-state index < -0.39 is 0 Å². The zero-order valence-electron chi connectivity index (χ0n) is 12.1. The summed E-state index contributed by atoms with van der Waals surface area (Å²) >= 11 is 0. The van der Waals surface area contributed by atoms with Crippen LogP contribution in [0.4, 0.5) is 0 Å². The molecule has 18 heavy (non-hydrogen) atoms. The molecule has 2 N–H and O–H groups in total. The van der Waals surface area contributed by atoms with Crippen LogP contribution in [0.1, 0.15) is 57.3 Å². The summed E-state index contributed by atoms with van der Waals surface area (Å²) in [7, 11) is 0. The molecule has 0 saturated carbocycles. The molecule has 0 aromatic heterocycles. The molecule has 0 heterocycles. The summed E-state index contributed by atoms with van der Waals surface area (Å²) in [6, 6.07) is 8.44. The smallest absolute Gasteiger partial charge is 0.0981 e. The van der Waals surface area contributed by atoms with E-state index in [1.807, 2.05) is 0 Å². The highest BCUT2D eigenvalue weighted by Gasteiger charge is 2.22. The lowest BCUT2D eigenvalue weighted by Gasteiger charge is -2.28. The fraction of sp³-hybridized carbons (Fsp3) is 0.625. The minimum atomic E-state index is 0.0118. The summed E-state index contributed by atoms with van der Waals surface area (Å²) < 4.78 is 6.19. The van der Waals surface area contributed by atoms with E-state index >= 15 is 0 Å². The number of hydrogen-bond donors (Lipinski definition) is 1. The van der Waals surface area contributed by atoms with E-state index in [0.717, 1.165) is 19.3 Å². The van der Waals surface area contributed by atoms with E-state index in [2.05, 4.69) is 52.0 Å². The van der Waals surface area contributed by atoms with Crippen LogP contribution in [0.3, 0.4) is 0 Å². The van der Waals surface area contributed by atoms with Gasteiger partial charge in [0.15, 0.2) is 0 Å². The quantitative estimate of drug-likeness (QED) is 0.793. The Morgan fingerprint density at radius 2 is 1.89 bits per heavy atom. The molecule has 1 aromatic carbocycles. The van der Waals surface area contributed by atoms with Crippen molar-refractivity contribution in [2.75, 3.05) is 0 Å². The largest absolute Gasteiger partial charge is 0.369 e. The average molecular weight is 249 g/mol. The Hall–Kier alpha value is -0.860. The van der Waals surface area contributed by atoms with E-state index in [1.165, 1.54) is 11.1 Å². The van der Waals surface area contributed by atoms with E-state index in [0.29, 0.717) is 0 Å². The second kappa shape index (κ2) is 7.55. The van der Waals surface area contributed by atoms with Crippen molar-refractivity contribution < 1.29 is 4.74 Å². The van der Waals surface area contributed by atoms with Gasteiger partial charge in [-0.1, -0.05) is 44.5 Å². The third-order valence-electron chi connectivity index (χ3n) is 3.43. The van der Waals surface area contributed by atoms with Crippen molar-refractivity contribution in [1.29, 1.82) is 0 Å². The van der Waals surface area contributed by atoms with Crippen LogP contribution >= 0.6 is 0 Å². The molecule has 0 bridgehead atoms.